The van der Waals surface area contributed by atoms with E-state index >= 15 is 0 Å². The van der Waals surface area contributed by atoms with E-state index in [0.29, 0.717) is 0 Å². The Kier molecular flexibility index (Phi) is 5.06. The third-order valence-electron chi connectivity index (χ3n) is 3.75. The van der Waals surface area contributed by atoms with E-state index in [-0.39, 0.29) is 29.3 Å². The molecule has 2 rings (SSSR count). The molecule has 22 heavy (non-hydrogen) atoms. The third-order valence-corrected chi connectivity index (χ3v) is 6.42. The lowest BCUT2D eigenvalue weighted by Gasteiger charge is -2.13. The largest absolute Gasteiger partial charge is 0.392 e. The number of rotatable bonds is 4. The fraction of sp³-hybridized carbons (Fsp3) is 0.429. The lowest BCUT2D eigenvalue weighted by Crippen LogP contribution is -2.35. The molecule has 1 aromatic rings. The monoisotopic (exact) mass is 342 g/mol. The summed E-state index contributed by atoms with van der Waals surface area (Å²) in [6, 6.07) is 7.85. The number of hydrogen-bond donors (Lipinski definition) is 2. The van der Waals surface area contributed by atoms with Gasteiger partial charge in [0.25, 0.3) is 0 Å². The van der Waals surface area contributed by atoms with Gasteiger partial charge in [0.15, 0.2) is 9.84 Å². The fourth-order valence-corrected chi connectivity index (χ4v) is 4.95. The van der Waals surface area contributed by atoms with Crippen LogP contribution in [0.15, 0.2) is 29.2 Å². The minimum atomic E-state index is -3.73. The van der Waals surface area contributed by atoms with Gasteiger partial charge in [-0.05, 0) is 25.0 Å². The van der Waals surface area contributed by atoms with Crippen LogP contribution in [0.4, 0.5) is 0 Å². The zero-order valence-electron chi connectivity index (χ0n) is 11.6. The highest BCUT2D eigenvalue weighted by atomic mass is 35.5. The quantitative estimate of drug-likeness (QED) is 0.790. The second kappa shape index (κ2) is 6.65. The van der Waals surface area contributed by atoms with Crippen LogP contribution < -0.4 is 5.32 Å². The molecule has 0 heterocycles. The molecule has 1 aliphatic rings. The van der Waals surface area contributed by atoms with Gasteiger partial charge in [-0.15, -0.1) is 0 Å². The molecule has 118 valence electrons. The minimum absolute atomic E-state index is 0.00594. The summed E-state index contributed by atoms with van der Waals surface area (Å²) in [4.78, 5) is 11.9. The van der Waals surface area contributed by atoms with Crippen molar-refractivity contribution in [2.75, 3.05) is 6.54 Å². The molecule has 0 aromatic heterocycles. The highest BCUT2D eigenvalue weighted by Crippen LogP contribution is 2.36. The zero-order valence-corrected chi connectivity index (χ0v) is 13.1. The Labute approximate surface area is 133 Å². The first-order valence-electron chi connectivity index (χ1n) is 6.69. The van der Waals surface area contributed by atoms with Crippen LogP contribution in [0.3, 0.4) is 0 Å². The smallest absolute Gasteiger partial charge is 0.226 e. The summed E-state index contributed by atoms with van der Waals surface area (Å²) >= 11 is 5.93. The topological polar surface area (TPSA) is 107 Å². The highest BCUT2D eigenvalue weighted by molar-refractivity contribution is 7.92. The Morgan fingerprint density at radius 2 is 2.09 bits per heavy atom. The molecule has 0 aliphatic heterocycles. The molecule has 1 saturated carbocycles. The summed E-state index contributed by atoms with van der Waals surface area (Å²) in [7, 11) is -3.73. The number of amides is 1. The van der Waals surface area contributed by atoms with Gasteiger partial charge >= 0.3 is 0 Å². The van der Waals surface area contributed by atoms with Gasteiger partial charge < -0.3 is 10.4 Å². The SMILES string of the molecule is N#CCNC(=O)[C@@H]1C[C@@H](S(=O)(=O)c2ccccc2Cl)CC1O. The minimum Gasteiger partial charge on any atom is -0.392 e. The molecule has 6 nitrogen and oxygen atoms in total. The number of sulfone groups is 1. The summed E-state index contributed by atoms with van der Waals surface area (Å²) in [6.45, 7) is -0.177. The van der Waals surface area contributed by atoms with Crippen LogP contribution in [0.1, 0.15) is 12.8 Å². The van der Waals surface area contributed by atoms with Crippen molar-refractivity contribution in [3.63, 3.8) is 0 Å². The summed E-state index contributed by atoms with van der Waals surface area (Å²) in [5.41, 5.74) is 0. The van der Waals surface area contributed by atoms with Crippen molar-refractivity contribution in [3.8, 4) is 6.07 Å². The molecule has 1 unspecified atom stereocenters. The van der Waals surface area contributed by atoms with E-state index < -0.39 is 33.0 Å². The predicted molar refractivity (Wildman–Crippen MR) is 79.8 cm³/mol. The van der Waals surface area contributed by atoms with Crippen LogP contribution in [0, 0.1) is 17.2 Å². The van der Waals surface area contributed by atoms with E-state index in [1.165, 1.54) is 12.1 Å². The van der Waals surface area contributed by atoms with Crippen LogP contribution in [0.2, 0.25) is 5.02 Å². The molecule has 1 amide bonds. The highest BCUT2D eigenvalue weighted by Gasteiger charge is 2.44. The number of nitrogens with zero attached hydrogens (tertiary/aromatic N) is 1. The van der Waals surface area contributed by atoms with E-state index in [2.05, 4.69) is 5.32 Å². The molecular formula is C14H15ClN2O4S. The van der Waals surface area contributed by atoms with Crippen LogP contribution in [-0.2, 0) is 14.6 Å². The number of nitriles is 1. The number of carbonyl (C=O) groups is 1. The van der Waals surface area contributed by atoms with Crippen molar-refractivity contribution < 1.29 is 18.3 Å². The van der Waals surface area contributed by atoms with E-state index in [1.54, 1.807) is 18.2 Å². The number of aliphatic hydroxyl groups excluding tert-OH is 1. The van der Waals surface area contributed by atoms with Crippen molar-refractivity contribution in [1.82, 2.24) is 5.32 Å². The maximum absolute atomic E-state index is 12.6. The third kappa shape index (κ3) is 3.24. The first-order chi connectivity index (χ1) is 10.4. The molecule has 1 aromatic carbocycles. The molecular weight excluding hydrogens is 328 g/mol. The van der Waals surface area contributed by atoms with Crippen molar-refractivity contribution in [3.05, 3.63) is 29.3 Å². The Bertz CT molecular complexity index is 714. The first kappa shape index (κ1) is 16.7. The maximum Gasteiger partial charge on any atom is 0.226 e. The Morgan fingerprint density at radius 1 is 1.41 bits per heavy atom. The van der Waals surface area contributed by atoms with Gasteiger partial charge in [-0.25, -0.2) is 8.42 Å². The van der Waals surface area contributed by atoms with Gasteiger partial charge in [-0.1, -0.05) is 23.7 Å². The first-order valence-corrected chi connectivity index (χ1v) is 8.61. The second-order valence-corrected chi connectivity index (χ2v) is 7.72. The van der Waals surface area contributed by atoms with E-state index in [1.807, 2.05) is 0 Å². The van der Waals surface area contributed by atoms with Gasteiger partial charge in [0, 0.05) is 0 Å². The number of benzene rings is 1. The molecule has 0 spiro atoms. The number of aliphatic hydroxyl groups is 1. The van der Waals surface area contributed by atoms with Gasteiger partial charge in [0.05, 0.1) is 33.3 Å². The van der Waals surface area contributed by atoms with Crippen molar-refractivity contribution >= 4 is 27.3 Å². The molecule has 1 fully saturated rings. The number of hydrogen-bond acceptors (Lipinski definition) is 5. The molecule has 3 atom stereocenters. The van der Waals surface area contributed by atoms with Gasteiger partial charge in [0.1, 0.15) is 6.54 Å². The van der Waals surface area contributed by atoms with Crippen LogP contribution in [0.25, 0.3) is 0 Å². The average Bonchev–Trinajstić information content (AvgIpc) is 2.88. The molecule has 8 heteroatoms. The van der Waals surface area contributed by atoms with Gasteiger partial charge in [-0.2, -0.15) is 5.26 Å². The standard InChI is InChI=1S/C14H15ClN2O4S/c15-11-3-1-2-4-13(11)22(20,21)9-7-10(12(18)8-9)14(19)17-6-5-16/h1-4,9-10,12,18H,6-8H2,(H,17,19)/t9-,10-,12?/m1/s1. The number of carbonyl (C=O) groups excluding carboxylic acids is 1. The van der Waals surface area contributed by atoms with Gasteiger partial charge in [0.2, 0.25) is 5.91 Å². The van der Waals surface area contributed by atoms with Crippen molar-refractivity contribution in [1.29, 1.82) is 5.26 Å². The average molecular weight is 343 g/mol. The van der Waals surface area contributed by atoms with Gasteiger partial charge in [-0.3, -0.25) is 4.79 Å². The molecule has 0 radical (unpaired) electrons. The summed E-state index contributed by atoms with van der Waals surface area (Å²) < 4.78 is 25.2. The Morgan fingerprint density at radius 3 is 2.73 bits per heavy atom. The summed E-state index contributed by atoms with van der Waals surface area (Å²) in [6.07, 6.45) is -1.08. The van der Waals surface area contributed by atoms with Crippen LogP contribution >= 0.6 is 11.6 Å². The lowest BCUT2D eigenvalue weighted by atomic mass is 10.1. The van der Waals surface area contributed by atoms with Crippen molar-refractivity contribution in [2.45, 2.75) is 29.1 Å². The summed E-state index contributed by atoms with van der Waals surface area (Å²) in [5.74, 6) is -1.35. The Hall–Kier alpha value is -1.62. The van der Waals surface area contributed by atoms with E-state index in [4.69, 9.17) is 16.9 Å². The van der Waals surface area contributed by atoms with Crippen LogP contribution in [-0.4, -0.2) is 37.3 Å². The molecule has 2 N–H and O–H groups in total. The normalized spacial score (nSPS) is 24.7. The summed E-state index contributed by atoms with van der Waals surface area (Å²) in [5, 5.41) is 20.0. The predicted octanol–water partition coefficient (Wildman–Crippen LogP) is 0.893. The Balaban J connectivity index is 2.20. The zero-order chi connectivity index (χ0) is 16.3. The van der Waals surface area contributed by atoms with E-state index in [9.17, 15) is 18.3 Å². The molecule has 0 saturated heterocycles. The van der Waals surface area contributed by atoms with E-state index in [0.717, 1.165) is 0 Å². The lowest BCUT2D eigenvalue weighted by molar-refractivity contribution is -0.127. The number of nitrogens with one attached hydrogen (secondary N) is 1. The second-order valence-electron chi connectivity index (χ2n) is 5.12. The molecule has 0 bridgehead atoms. The van der Waals surface area contributed by atoms with Crippen LogP contribution in [0.5, 0.6) is 0 Å². The maximum atomic E-state index is 12.6. The fourth-order valence-electron chi connectivity index (χ4n) is 2.62. The number of halogens is 1. The van der Waals surface area contributed by atoms with Crippen molar-refractivity contribution in [2.24, 2.45) is 5.92 Å². The molecule has 1 aliphatic carbocycles.